The van der Waals surface area contributed by atoms with Crippen LogP contribution in [0, 0.1) is 0 Å². The molecule has 70 valence electrons. The summed E-state index contributed by atoms with van der Waals surface area (Å²) in [6.07, 6.45) is -3.11. The molecule has 0 bridgehead atoms. The number of carbonyl (C=O) groups excluding carboxylic acids is 1. The first kappa shape index (κ1) is 9.44. The predicted molar refractivity (Wildman–Crippen MR) is 40.1 cm³/mol. The van der Waals surface area contributed by atoms with Gasteiger partial charge in [0.25, 0.3) is 0 Å². The van der Waals surface area contributed by atoms with Crippen LogP contribution in [0.15, 0.2) is 18.2 Å². The molecule has 0 unspecified atom stereocenters. The average molecular weight is 188 g/mol. The number of carbonyl (C=O) groups is 1. The topological polar surface area (TPSA) is 57.5 Å². The van der Waals surface area contributed by atoms with Gasteiger partial charge in [-0.2, -0.15) is 0 Å². The Bertz CT molecular complexity index is 336. The lowest BCUT2D eigenvalue weighted by Gasteiger charge is -2.01. The number of alkyl halides is 2. The maximum absolute atomic E-state index is 11.9. The Morgan fingerprint density at radius 1 is 1.23 bits per heavy atom. The van der Waals surface area contributed by atoms with Gasteiger partial charge in [-0.1, -0.05) is 0 Å². The minimum absolute atomic E-state index is 0.328. The van der Waals surface area contributed by atoms with Crippen molar-refractivity contribution < 1.29 is 23.8 Å². The minimum atomic E-state index is -3.11. The summed E-state index contributed by atoms with van der Waals surface area (Å²) in [7, 11) is 0. The summed E-state index contributed by atoms with van der Waals surface area (Å²) >= 11 is 0. The van der Waals surface area contributed by atoms with Gasteiger partial charge in [-0.05, 0) is 18.2 Å². The predicted octanol–water partition coefficient (Wildman–Crippen LogP) is 1.55. The van der Waals surface area contributed by atoms with Crippen LogP contribution in [-0.2, 0) is 0 Å². The number of hydrogen-bond acceptors (Lipinski definition) is 3. The van der Waals surface area contributed by atoms with Crippen LogP contribution in [0.5, 0.6) is 11.5 Å². The monoisotopic (exact) mass is 188 g/mol. The van der Waals surface area contributed by atoms with Gasteiger partial charge in [-0.15, -0.1) is 0 Å². The fourth-order valence-electron chi connectivity index (χ4n) is 0.803. The molecule has 13 heavy (non-hydrogen) atoms. The Morgan fingerprint density at radius 3 is 2.31 bits per heavy atom. The molecule has 5 heteroatoms. The summed E-state index contributed by atoms with van der Waals surface area (Å²) in [6.45, 7) is 0. The fourth-order valence-corrected chi connectivity index (χ4v) is 0.803. The molecular weight excluding hydrogens is 182 g/mol. The summed E-state index contributed by atoms with van der Waals surface area (Å²) in [5, 5.41) is 17.7. The Balaban J connectivity index is 3.04. The molecule has 1 aromatic carbocycles. The van der Waals surface area contributed by atoms with E-state index in [9.17, 15) is 13.6 Å². The quantitative estimate of drug-likeness (QED) is 0.546. The molecule has 0 aliphatic carbocycles. The van der Waals surface area contributed by atoms with Crippen molar-refractivity contribution >= 4 is 5.78 Å². The second kappa shape index (κ2) is 3.38. The molecule has 0 amide bonds. The highest BCUT2D eigenvalue weighted by atomic mass is 19.3. The van der Waals surface area contributed by atoms with E-state index in [2.05, 4.69) is 0 Å². The SMILES string of the molecule is O=C(c1ccc(O)c(O)c1)C(F)F. The van der Waals surface area contributed by atoms with Crippen molar-refractivity contribution in [1.82, 2.24) is 0 Å². The molecule has 0 radical (unpaired) electrons. The lowest BCUT2D eigenvalue weighted by molar-refractivity contribution is 0.0678. The fraction of sp³-hybridized carbons (Fsp3) is 0.125. The molecule has 0 aliphatic rings. The molecule has 0 spiro atoms. The highest BCUT2D eigenvalue weighted by Crippen LogP contribution is 2.25. The third kappa shape index (κ3) is 1.93. The number of hydrogen-bond donors (Lipinski definition) is 2. The van der Waals surface area contributed by atoms with Gasteiger partial charge in [0.05, 0.1) is 0 Å². The largest absolute Gasteiger partial charge is 0.504 e. The lowest BCUT2D eigenvalue weighted by Crippen LogP contribution is -2.09. The van der Waals surface area contributed by atoms with Crippen molar-refractivity contribution in [3.8, 4) is 11.5 Å². The molecule has 0 aliphatic heterocycles. The number of halogens is 2. The van der Waals surface area contributed by atoms with Crippen LogP contribution in [0.4, 0.5) is 8.78 Å². The standard InChI is InChI=1S/C8H6F2O3/c9-8(10)7(13)4-1-2-5(11)6(12)3-4/h1-3,8,11-12H. The molecule has 1 aromatic rings. The Kier molecular flexibility index (Phi) is 2.46. The van der Waals surface area contributed by atoms with Crippen molar-refractivity contribution in [3.63, 3.8) is 0 Å². The lowest BCUT2D eigenvalue weighted by atomic mass is 10.1. The summed E-state index contributed by atoms with van der Waals surface area (Å²) < 4.78 is 23.7. The highest BCUT2D eigenvalue weighted by Gasteiger charge is 2.18. The third-order valence-corrected chi connectivity index (χ3v) is 1.46. The van der Waals surface area contributed by atoms with Crippen molar-refractivity contribution in [2.75, 3.05) is 0 Å². The van der Waals surface area contributed by atoms with Crippen molar-refractivity contribution in [3.05, 3.63) is 23.8 Å². The van der Waals surface area contributed by atoms with E-state index < -0.39 is 23.7 Å². The van der Waals surface area contributed by atoms with Crippen molar-refractivity contribution in [1.29, 1.82) is 0 Å². The van der Waals surface area contributed by atoms with Crippen LogP contribution in [0.2, 0.25) is 0 Å². The number of phenols is 2. The zero-order valence-electron chi connectivity index (χ0n) is 6.37. The average Bonchev–Trinajstić information content (AvgIpc) is 2.08. The molecule has 2 N–H and O–H groups in total. The first-order chi connectivity index (χ1) is 6.02. The normalized spacial score (nSPS) is 10.4. The number of phenolic OH excluding ortho intramolecular Hbond substituents is 2. The van der Waals surface area contributed by atoms with Crippen LogP contribution in [0.3, 0.4) is 0 Å². The Labute approximate surface area is 72.2 Å². The summed E-state index contributed by atoms with van der Waals surface area (Å²) in [6, 6.07) is 2.79. The van der Waals surface area contributed by atoms with E-state index in [-0.39, 0.29) is 5.56 Å². The zero-order chi connectivity index (χ0) is 10.0. The molecule has 0 fully saturated rings. The van der Waals surface area contributed by atoms with Gasteiger partial charge >= 0.3 is 6.43 Å². The van der Waals surface area contributed by atoms with Gasteiger partial charge in [0.2, 0.25) is 5.78 Å². The van der Waals surface area contributed by atoms with Crippen LogP contribution >= 0.6 is 0 Å². The van der Waals surface area contributed by atoms with Crippen LogP contribution in [0.1, 0.15) is 10.4 Å². The van der Waals surface area contributed by atoms with Gasteiger partial charge in [-0.3, -0.25) is 4.79 Å². The second-order valence-corrected chi connectivity index (χ2v) is 2.37. The maximum Gasteiger partial charge on any atom is 0.300 e. The first-order valence-corrected chi connectivity index (χ1v) is 3.36. The molecule has 0 heterocycles. The zero-order valence-corrected chi connectivity index (χ0v) is 6.37. The van der Waals surface area contributed by atoms with E-state index in [4.69, 9.17) is 10.2 Å². The smallest absolute Gasteiger partial charge is 0.300 e. The van der Waals surface area contributed by atoms with Crippen LogP contribution in [0.25, 0.3) is 0 Å². The van der Waals surface area contributed by atoms with E-state index >= 15 is 0 Å². The molecule has 0 saturated heterocycles. The van der Waals surface area contributed by atoms with Gasteiger partial charge in [0.15, 0.2) is 11.5 Å². The number of rotatable bonds is 2. The molecule has 0 aromatic heterocycles. The van der Waals surface area contributed by atoms with E-state index in [1.54, 1.807) is 0 Å². The van der Waals surface area contributed by atoms with Gasteiger partial charge in [-0.25, -0.2) is 8.78 Å². The Hall–Kier alpha value is -1.65. The number of Topliss-reactive ketones (excluding diaryl/α,β-unsaturated/α-hetero) is 1. The number of aromatic hydroxyl groups is 2. The van der Waals surface area contributed by atoms with E-state index in [1.165, 1.54) is 0 Å². The van der Waals surface area contributed by atoms with E-state index in [0.29, 0.717) is 0 Å². The van der Waals surface area contributed by atoms with Crippen LogP contribution < -0.4 is 0 Å². The number of ketones is 1. The van der Waals surface area contributed by atoms with Gasteiger partial charge < -0.3 is 10.2 Å². The highest BCUT2D eigenvalue weighted by molar-refractivity contribution is 5.98. The molecule has 1 rings (SSSR count). The molecule has 3 nitrogen and oxygen atoms in total. The van der Waals surface area contributed by atoms with Crippen LogP contribution in [-0.4, -0.2) is 22.4 Å². The summed E-state index contributed by atoms with van der Waals surface area (Å²) in [4.78, 5) is 10.7. The number of benzene rings is 1. The van der Waals surface area contributed by atoms with Crippen molar-refractivity contribution in [2.45, 2.75) is 6.43 Å². The molecular formula is C8H6F2O3. The van der Waals surface area contributed by atoms with Gasteiger partial charge in [0.1, 0.15) is 0 Å². The summed E-state index contributed by atoms with van der Waals surface area (Å²) in [5.74, 6) is -2.42. The third-order valence-electron chi connectivity index (χ3n) is 1.46. The van der Waals surface area contributed by atoms with E-state index in [1.807, 2.05) is 0 Å². The van der Waals surface area contributed by atoms with E-state index in [0.717, 1.165) is 18.2 Å². The van der Waals surface area contributed by atoms with Crippen molar-refractivity contribution in [2.24, 2.45) is 0 Å². The Morgan fingerprint density at radius 2 is 1.85 bits per heavy atom. The maximum atomic E-state index is 11.9. The first-order valence-electron chi connectivity index (χ1n) is 3.36. The molecule has 0 saturated carbocycles. The second-order valence-electron chi connectivity index (χ2n) is 2.37. The minimum Gasteiger partial charge on any atom is -0.504 e. The van der Waals surface area contributed by atoms with Gasteiger partial charge in [0, 0.05) is 5.56 Å². The molecule has 0 atom stereocenters. The summed E-state index contributed by atoms with van der Waals surface area (Å²) in [5.41, 5.74) is -0.328.